The summed E-state index contributed by atoms with van der Waals surface area (Å²) in [7, 11) is 4.05. The lowest BCUT2D eigenvalue weighted by molar-refractivity contribution is 0.368. The molecule has 0 amide bonds. The van der Waals surface area contributed by atoms with E-state index in [2.05, 4.69) is 41.9 Å². The molecule has 0 aliphatic heterocycles. The van der Waals surface area contributed by atoms with Crippen LogP contribution in [0.5, 0.6) is 0 Å². The van der Waals surface area contributed by atoms with Crippen LogP contribution in [0.25, 0.3) is 0 Å². The summed E-state index contributed by atoms with van der Waals surface area (Å²) in [6.45, 7) is 1.62. The van der Waals surface area contributed by atoms with E-state index in [0.717, 1.165) is 33.3 Å². The molecule has 2 aromatic rings. The van der Waals surface area contributed by atoms with E-state index in [1.165, 1.54) is 0 Å². The van der Waals surface area contributed by atoms with Gasteiger partial charge < -0.3 is 10.6 Å². The van der Waals surface area contributed by atoms with E-state index in [-0.39, 0.29) is 6.04 Å². The van der Waals surface area contributed by atoms with Crippen LogP contribution < -0.4 is 5.73 Å². The number of hydrogen-bond acceptors (Lipinski definition) is 3. The van der Waals surface area contributed by atoms with Crippen LogP contribution in [-0.2, 0) is 6.54 Å². The number of nitrogens with zero attached hydrogens (tertiary/aromatic N) is 3. The number of aromatic nitrogens is 2. The van der Waals surface area contributed by atoms with E-state index in [9.17, 15) is 0 Å². The van der Waals surface area contributed by atoms with Crippen LogP contribution in [0.2, 0.25) is 5.02 Å². The summed E-state index contributed by atoms with van der Waals surface area (Å²) in [6.07, 6.45) is 1.65. The van der Waals surface area contributed by atoms with Gasteiger partial charge in [-0.15, -0.1) is 0 Å². The Labute approximate surface area is 146 Å². The zero-order chi connectivity index (χ0) is 15.6. The topological polar surface area (TPSA) is 47.1 Å². The van der Waals surface area contributed by atoms with Crippen LogP contribution in [0.1, 0.15) is 17.3 Å². The number of likely N-dealkylation sites (N-methyl/N-ethyl adjacent to an activating group) is 1. The lowest BCUT2D eigenvalue weighted by atomic mass is 10.0. The highest BCUT2D eigenvalue weighted by Crippen LogP contribution is 2.30. The predicted molar refractivity (Wildman–Crippen MR) is 93.7 cm³/mol. The quantitative estimate of drug-likeness (QED) is 0.778. The Hall–Kier alpha value is -0.400. The molecule has 1 aromatic carbocycles. The zero-order valence-corrected chi connectivity index (χ0v) is 15.8. The molecule has 0 radical (unpaired) electrons. The molecule has 1 aromatic heterocycles. The number of benzene rings is 1. The smallest absolute Gasteiger partial charge is 0.0837 e. The molecule has 21 heavy (non-hydrogen) atoms. The van der Waals surface area contributed by atoms with Crippen molar-refractivity contribution < 1.29 is 0 Å². The molecule has 7 heteroatoms. The standard InChI is InChI=1S/C14H17Br2ClN4/c1-20(2)3-4-21-14(12(17)8-19-21)13(18)9-5-10(15)7-11(16)6-9/h5-8,13H,3-4,18H2,1-2H3. The number of halogens is 3. The maximum atomic E-state index is 6.41. The van der Waals surface area contributed by atoms with Crippen LogP contribution >= 0.6 is 43.5 Å². The minimum Gasteiger partial charge on any atom is -0.319 e. The lowest BCUT2D eigenvalue weighted by Gasteiger charge is -2.17. The molecule has 4 nitrogen and oxygen atoms in total. The van der Waals surface area contributed by atoms with Gasteiger partial charge in [-0.2, -0.15) is 5.10 Å². The average molecular weight is 437 g/mol. The molecule has 2 N–H and O–H groups in total. The highest BCUT2D eigenvalue weighted by molar-refractivity contribution is 9.11. The summed E-state index contributed by atoms with van der Waals surface area (Å²) in [5.41, 5.74) is 8.22. The SMILES string of the molecule is CN(C)CCn1ncc(Cl)c1C(N)c1cc(Br)cc(Br)c1. The van der Waals surface area contributed by atoms with Gasteiger partial charge >= 0.3 is 0 Å². The van der Waals surface area contributed by atoms with E-state index in [1.54, 1.807) is 6.20 Å². The Kier molecular flexibility index (Phi) is 5.85. The van der Waals surface area contributed by atoms with Gasteiger partial charge in [-0.1, -0.05) is 43.5 Å². The molecular formula is C14H17Br2ClN4. The third-order valence-electron chi connectivity index (χ3n) is 3.13. The molecule has 114 valence electrons. The fourth-order valence-electron chi connectivity index (χ4n) is 2.07. The third-order valence-corrected chi connectivity index (χ3v) is 4.34. The van der Waals surface area contributed by atoms with Gasteiger partial charge in [0.05, 0.1) is 29.5 Å². The molecule has 1 unspecified atom stereocenters. The van der Waals surface area contributed by atoms with Crippen molar-refractivity contribution in [2.24, 2.45) is 5.73 Å². The van der Waals surface area contributed by atoms with Gasteiger partial charge in [-0.25, -0.2) is 0 Å². The molecular weight excluding hydrogens is 419 g/mol. The summed E-state index contributed by atoms with van der Waals surface area (Å²) >= 11 is 13.3. The van der Waals surface area contributed by atoms with Crippen LogP contribution in [0.15, 0.2) is 33.3 Å². The van der Waals surface area contributed by atoms with Crippen molar-refractivity contribution in [3.8, 4) is 0 Å². The van der Waals surface area contributed by atoms with Gasteiger partial charge in [-0.05, 0) is 37.9 Å². The van der Waals surface area contributed by atoms with Crippen molar-refractivity contribution in [1.82, 2.24) is 14.7 Å². The van der Waals surface area contributed by atoms with Crippen molar-refractivity contribution in [2.45, 2.75) is 12.6 Å². The highest BCUT2D eigenvalue weighted by Gasteiger charge is 2.19. The van der Waals surface area contributed by atoms with E-state index >= 15 is 0 Å². The summed E-state index contributed by atoms with van der Waals surface area (Å²) in [5.74, 6) is 0. The van der Waals surface area contributed by atoms with E-state index < -0.39 is 0 Å². The second-order valence-corrected chi connectivity index (χ2v) is 7.32. The summed E-state index contributed by atoms with van der Waals surface area (Å²) < 4.78 is 3.82. The average Bonchev–Trinajstić information content (AvgIpc) is 2.75. The second kappa shape index (κ2) is 7.24. The second-order valence-electron chi connectivity index (χ2n) is 5.08. The third kappa shape index (κ3) is 4.29. The number of nitrogens with two attached hydrogens (primary N) is 1. The van der Waals surface area contributed by atoms with Crippen molar-refractivity contribution >= 4 is 43.5 Å². The molecule has 0 aliphatic carbocycles. The first-order valence-corrected chi connectivity index (χ1v) is 8.42. The predicted octanol–water partition coefficient (Wildman–Crippen LogP) is 3.67. The summed E-state index contributed by atoms with van der Waals surface area (Å²) in [4.78, 5) is 2.10. The minimum atomic E-state index is -0.323. The molecule has 0 saturated heterocycles. The fourth-order valence-corrected chi connectivity index (χ4v) is 3.65. The molecule has 0 aliphatic rings. The molecule has 1 atom stereocenters. The first kappa shape index (κ1) is 17.0. The van der Waals surface area contributed by atoms with Crippen LogP contribution in [0.3, 0.4) is 0 Å². The molecule has 0 bridgehead atoms. The first-order valence-electron chi connectivity index (χ1n) is 6.46. The van der Waals surface area contributed by atoms with E-state index in [1.807, 2.05) is 37.0 Å². The van der Waals surface area contributed by atoms with Gasteiger partial charge in [-0.3, -0.25) is 4.68 Å². The van der Waals surface area contributed by atoms with Crippen molar-refractivity contribution in [1.29, 1.82) is 0 Å². The molecule has 0 saturated carbocycles. The van der Waals surface area contributed by atoms with E-state index in [0.29, 0.717) is 5.02 Å². The molecule has 2 rings (SSSR count). The van der Waals surface area contributed by atoms with Crippen LogP contribution in [-0.4, -0.2) is 35.3 Å². The van der Waals surface area contributed by atoms with Crippen LogP contribution in [0.4, 0.5) is 0 Å². The Morgan fingerprint density at radius 1 is 1.29 bits per heavy atom. The van der Waals surface area contributed by atoms with Gasteiger partial charge in [0, 0.05) is 15.5 Å². The summed E-state index contributed by atoms with van der Waals surface area (Å²) in [5, 5.41) is 4.93. The van der Waals surface area contributed by atoms with Gasteiger partial charge in [0.15, 0.2) is 0 Å². The van der Waals surface area contributed by atoms with Crippen molar-refractivity contribution in [3.05, 3.63) is 49.6 Å². The first-order chi connectivity index (χ1) is 9.88. The van der Waals surface area contributed by atoms with Gasteiger partial charge in [0.25, 0.3) is 0 Å². The van der Waals surface area contributed by atoms with Gasteiger partial charge in [0.1, 0.15) is 0 Å². The number of hydrogen-bond donors (Lipinski definition) is 1. The highest BCUT2D eigenvalue weighted by atomic mass is 79.9. The Morgan fingerprint density at radius 2 is 1.90 bits per heavy atom. The number of rotatable bonds is 5. The Morgan fingerprint density at radius 3 is 2.48 bits per heavy atom. The molecule has 0 fully saturated rings. The van der Waals surface area contributed by atoms with E-state index in [4.69, 9.17) is 17.3 Å². The Balaban J connectivity index is 2.33. The van der Waals surface area contributed by atoms with Crippen LogP contribution in [0, 0.1) is 0 Å². The van der Waals surface area contributed by atoms with Crippen molar-refractivity contribution in [3.63, 3.8) is 0 Å². The van der Waals surface area contributed by atoms with Gasteiger partial charge in [0.2, 0.25) is 0 Å². The normalized spacial score (nSPS) is 12.9. The Bertz CT molecular complexity index is 607. The van der Waals surface area contributed by atoms with Crippen molar-refractivity contribution in [2.75, 3.05) is 20.6 Å². The lowest BCUT2D eigenvalue weighted by Crippen LogP contribution is -2.23. The largest absolute Gasteiger partial charge is 0.319 e. The fraction of sp³-hybridized carbons (Fsp3) is 0.357. The maximum Gasteiger partial charge on any atom is 0.0837 e. The molecule has 0 spiro atoms. The maximum absolute atomic E-state index is 6.41. The monoisotopic (exact) mass is 434 g/mol. The zero-order valence-electron chi connectivity index (χ0n) is 11.9. The summed E-state index contributed by atoms with van der Waals surface area (Å²) in [6, 6.07) is 5.64. The minimum absolute atomic E-state index is 0.323. The molecule has 1 heterocycles.